The summed E-state index contributed by atoms with van der Waals surface area (Å²) in [5.74, 6) is 0.0638. The van der Waals surface area contributed by atoms with E-state index in [4.69, 9.17) is 9.47 Å². The van der Waals surface area contributed by atoms with Crippen molar-refractivity contribution in [2.24, 2.45) is 0 Å². The van der Waals surface area contributed by atoms with Crippen LogP contribution in [0.25, 0.3) is 5.65 Å². The molecule has 29 heavy (non-hydrogen) atoms. The molecule has 3 fully saturated rings. The van der Waals surface area contributed by atoms with E-state index in [-0.39, 0.29) is 24.3 Å². The van der Waals surface area contributed by atoms with Gasteiger partial charge in [0.1, 0.15) is 6.23 Å². The minimum absolute atomic E-state index is 0.00674. The van der Waals surface area contributed by atoms with Crippen molar-refractivity contribution in [1.82, 2.24) is 29.5 Å². The van der Waals surface area contributed by atoms with Crippen molar-refractivity contribution in [3.63, 3.8) is 0 Å². The molecule has 1 amide bonds. The number of aromatic nitrogens is 5. The zero-order valence-corrected chi connectivity index (χ0v) is 15.7. The van der Waals surface area contributed by atoms with Gasteiger partial charge in [0.25, 0.3) is 5.91 Å². The first kappa shape index (κ1) is 17.0. The number of rotatable bonds is 4. The summed E-state index contributed by atoms with van der Waals surface area (Å²) < 4.78 is 14.1. The van der Waals surface area contributed by atoms with Crippen molar-refractivity contribution >= 4 is 11.6 Å². The maximum Gasteiger partial charge on any atom is 0.257 e. The van der Waals surface area contributed by atoms with Crippen LogP contribution in [0.5, 0.6) is 0 Å². The maximum atomic E-state index is 13.2. The Morgan fingerprint density at radius 3 is 2.93 bits per heavy atom. The lowest BCUT2D eigenvalue weighted by Gasteiger charge is -2.42. The molecule has 1 saturated carbocycles. The van der Waals surface area contributed by atoms with E-state index in [0.29, 0.717) is 19.4 Å². The van der Waals surface area contributed by atoms with Gasteiger partial charge in [0, 0.05) is 37.5 Å². The lowest BCUT2D eigenvalue weighted by Crippen LogP contribution is -2.54. The highest BCUT2D eigenvalue weighted by Crippen LogP contribution is 2.51. The Hall–Kier alpha value is -2.91. The van der Waals surface area contributed by atoms with Gasteiger partial charge in [0.2, 0.25) is 0 Å². The highest BCUT2D eigenvalue weighted by molar-refractivity contribution is 5.89. The predicted molar refractivity (Wildman–Crippen MR) is 99.3 cm³/mol. The number of hydrogen-bond donors (Lipinski definition) is 0. The standard InChI is InChI=1S/C20H20N6O3/c27-19-20(29-18-2-1-16(25(18)19)15-11-21-7-8-22-15)9-14(10-20)28-12-13-3-5-23-17-4-6-24-26(13)17/h3-8,11,14,16,18H,1-2,9-10,12H2/t14?,16-,18?,20?/m0/s1. The molecule has 1 unspecified atom stereocenters. The molecule has 5 heterocycles. The van der Waals surface area contributed by atoms with Crippen LogP contribution in [0.4, 0.5) is 0 Å². The molecule has 1 spiro atoms. The minimum Gasteiger partial charge on any atom is -0.372 e. The van der Waals surface area contributed by atoms with E-state index in [0.717, 1.165) is 29.9 Å². The molecule has 3 aromatic rings. The second kappa shape index (κ2) is 6.30. The fourth-order valence-corrected chi connectivity index (χ4v) is 4.75. The first-order chi connectivity index (χ1) is 14.2. The van der Waals surface area contributed by atoms with Crippen LogP contribution < -0.4 is 0 Å². The summed E-state index contributed by atoms with van der Waals surface area (Å²) in [6, 6.07) is 3.70. The molecule has 2 aliphatic heterocycles. The van der Waals surface area contributed by atoms with Crippen LogP contribution in [0.15, 0.2) is 43.1 Å². The molecule has 148 valence electrons. The molecular formula is C20H20N6O3. The van der Waals surface area contributed by atoms with Gasteiger partial charge in [-0.2, -0.15) is 5.10 Å². The van der Waals surface area contributed by atoms with Crippen molar-refractivity contribution in [1.29, 1.82) is 0 Å². The maximum absolute atomic E-state index is 13.2. The smallest absolute Gasteiger partial charge is 0.257 e. The van der Waals surface area contributed by atoms with Gasteiger partial charge in [-0.3, -0.25) is 14.8 Å². The molecule has 6 rings (SSSR count). The second-order valence-corrected chi connectivity index (χ2v) is 7.88. The molecule has 2 atom stereocenters. The lowest BCUT2D eigenvalue weighted by atomic mass is 9.76. The molecule has 0 aromatic carbocycles. The van der Waals surface area contributed by atoms with Crippen LogP contribution >= 0.6 is 0 Å². The van der Waals surface area contributed by atoms with Crippen LogP contribution in [0.3, 0.4) is 0 Å². The Bertz CT molecular complexity index is 1060. The van der Waals surface area contributed by atoms with Crippen molar-refractivity contribution in [2.75, 3.05) is 0 Å². The number of fused-ring (bicyclic) bond motifs is 2. The third-order valence-corrected chi connectivity index (χ3v) is 6.19. The number of ether oxygens (including phenoxy) is 2. The topological polar surface area (TPSA) is 94.7 Å². The lowest BCUT2D eigenvalue weighted by molar-refractivity contribution is -0.177. The minimum atomic E-state index is -0.741. The van der Waals surface area contributed by atoms with E-state index in [2.05, 4.69) is 20.1 Å². The first-order valence-electron chi connectivity index (χ1n) is 9.89. The van der Waals surface area contributed by atoms with Gasteiger partial charge in [-0.15, -0.1) is 0 Å². The van der Waals surface area contributed by atoms with Crippen molar-refractivity contribution in [2.45, 2.75) is 56.3 Å². The Kier molecular flexibility index (Phi) is 3.69. The van der Waals surface area contributed by atoms with E-state index >= 15 is 0 Å². The Balaban J connectivity index is 1.13. The molecule has 3 aromatic heterocycles. The fraction of sp³-hybridized carbons (Fsp3) is 0.450. The first-order valence-corrected chi connectivity index (χ1v) is 9.89. The van der Waals surface area contributed by atoms with Crippen molar-refractivity contribution in [3.8, 4) is 0 Å². The zero-order valence-electron chi connectivity index (χ0n) is 15.7. The monoisotopic (exact) mass is 392 g/mol. The van der Waals surface area contributed by atoms with Gasteiger partial charge in [-0.25, -0.2) is 9.50 Å². The van der Waals surface area contributed by atoms with Gasteiger partial charge in [0.05, 0.1) is 42.5 Å². The average molecular weight is 392 g/mol. The Morgan fingerprint density at radius 1 is 1.14 bits per heavy atom. The van der Waals surface area contributed by atoms with Crippen molar-refractivity contribution < 1.29 is 14.3 Å². The van der Waals surface area contributed by atoms with E-state index < -0.39 is 5.60 Å². The summed E-state index contributed by atoms with van der Waals surface area (Å²) in [4.78, 5) is 27.9. The van der Waals surface area contributed by atoms with Gasteiger partial charge >= 0.3 is 0 Å². The summed E-state index contributed by atoms with van der Waals surface area (Å²) in [5, 5.41) is 4.28. The third kappa shape index (κ3) is 2.57. The summed E-state index contributed by atoms with van der Waals surface area (Å²) in [6.45, 7) is 0.422. The highest BCUT2D eigenvalue weighted by atomic mass is 16.6. The Labute approximate surface area is 166 Å². The number of nitrogens with zero attached hydrogens (tertiary/aromatic N) is 6. The van der Waals surface area contributed by atoms with E-state index in [1.54, 1.807) is 35.5 Å². The molecule has 9 nitrogen and oxygen atoms in total. The summed E-state index contributed by atoms with van der Waals surface area (Å²) in [6.07, 6.45) is 11.2. The van der Waals surface area contributed by atoms with Crippen LogP contribution in [-0.4, -0.2) is 53.3 Å². The van der Waals surface area contributed by atoms with Gasteiger partial charge in [-0.05, 0) is 18.9 Å². The molecular weight excluding hydrogens is 372 g/mol. The average Bonchev–Trinajstić information content (AvgIpc) is 3.42. The van der Waals surface area contributed by atoms with Crippen LogP contribution in [0.2, 0.25) is 0 Å². The van der Waals surface area contributed by atoms with Crippen LogP contribution in [0.1, 0.15) is 43.1 Å². The number of carbonyl (C=O) groups is 1. The molecule has 9 heteroatoms. The Morgan fingerprint density at radius 2 is 2.07 bits per heavy atom. The van der Waals surface area contributed by atoms with E-state index in [1.807, 2.05) is 17.0 Å². The highest BCUT2D eigenvalue weighted by Gasteiger charge is 2.63. The molecule has 1 aliphatic carbocycles. The normalized spacial score (nSPS) is 30.8. The molecule has 0 radical (unpaired) electrons. The van der Waals surface area contributed by atoms with Crippen LogP contribution in [0, 0.1) is 0 Å². The predicted octanol–water partition coefficient (Wildman–Crippen LogP) is 1.66. The van der Waals surface area contributed by atoms with Gasteiger partial charge in [0.15, 0.2) is 11.2 Å². The van der Waals surface area contributed by atoms with Crippen LogP contribution in [-0.2, 0) is 20.9 Å². The van der Waals surface area contributed by atoms with Crippen molar-refractivity contribution in [3.05, 3.63) is 54.5 Å². The molecule has 3 aliphatic rings. The molecule has 2 saturated heterocycles. The molecule has 0 N–H and O–H groups in total. The molecule has 0 bridgehead atoms. The largest absolute Gasteiger partial charge is 0.372 e. The number of carbonyl (C=O) groups excluding carboxylic acids is 1. The SMILES string of the molecule is O=C1N2C(CC[C@H]2c2cnccn2)OC12CC(OCc1ccnc3ccnn13)C2. The fourth-order valence-electron chi connectivity index (χ4n) is 4.75. The van der Waals surface area contributed by atoms with E-state index in [1.165, 1.54) is 0 Å². The second-order valence-electron chi connectivity index (χ2n) is 7.88. The summed E-state index contributed by atoms with van der Waals surface area (Å²) >= 11 is 0. The van der Waals surface area contributed by atoms with Gasteiger partial charge in [-0.1, -0.05) is 0 Å². The summed E-state index contributed by atoms with van der Waals surface area (Å²) in [7, 11) is 0. The third-order valence-electron chi connectivity index (χ3n) is 6.19. The van der Waals surface area contributed by atoms with Gasteiger partial charge < -0.3 is 14.4 Å². The summed E-state index contributed by atoms with van der Waals surface area (Å²) in [5.41, 5.74) is 1.82. The number of hydrogen-bond acceptors (Lipinski definition) is 7. The number of amides is 1. The van der Waals surface area contributed by atoms with E-state index in [9.17, 15) is 4.79 Å². The zero-order chi connectivity index (χ0) is 19.4. The quantitative estimate of drug-likeness (QED) is 0.666.